The Hall–Kier alpha value is -7.10. The second kappa shape index (κ2) is 10.9. The lowest BCUT2D eigenvalue weighted by molar-refractivity contribution is 0.662. The molecule has 0 spiro atoms. The van der Waals surface area contributed by atoms with Crippen LogP contribution >= 0.6 is 0 Å². The van der Waals surface area contributed by atoms with Gasteiger partial charge in [-0.15, -0.1) is 0 Å². The van der Waals surface area contributed by atoms with Crippen LogP contribution in [-0.2, 0) is 10.8 Å². The predicted octanol–water partition coefficient (Wildman–Crippen LogP) is 12.4. The first-order chi connectivity index (χ1) is 29.1. The molecule has 1 aromatic heterocycles. The monoisotopic (exact) mass is 748 g/mol. The zero-order valence-electron chi connectivity index (χ0n) is 32.9. The summed E-state index contributed by atoms with van der Waals surface area (Å²) in [6.07, 6.45) is 0. The molecule has 3 aliphatic heterocycles. The third-order valence-electron chi connectivity index (χ3n) is 14.6. The summed E-state index contributed by atoms with van der Waals surface area (Å²) >= 11 is 0. The van der Waals surface area contributed by atoms with E-state index in [4.69, 9.17) is 0 Å². The lowest BCUT2D eigenvalue weighted by Gasteiger charge is -2.51. The van der Waals surface area contributed by atoms with Gasteiger partial charge in [-0.3, -0.25) is 0 Å². The lowest BCUT2D eigenvalue weighted by Crippen LogP contribution is -2.59. The van der Waals surface area contributed by atoms with Crippen molar-refractivity contribution in [2.75, 3.05) is 4.90 Å². The van der Waals surface area contributed by atoms with E-state index in [9.17, 15) is 0 Å². The molecule has 3 heteroatoms. The number of anilines is 3. The fraction of sp³-hybridized carbons (Fsp3) is 0.0714. The molecule has 2 nitrogen and oxygen atoms in total. The first-order valence-corrected chi connectivity index (χ1v) is 21.0. The lowest BCUT2D eigenvalue weighted by atomic mass is 9.43. The van der Waals surface area contributed by atoms with E-state index < -0.39 is 5.41 Å². The summed E-state index contributed by atoms with van der Waals surface area (Å²) in [5, 5.41) is 5.25. The van der Waals surface area contributed by atoms with Crippen LogP contribution in [0.1, 0.15) is 47.2 Å². The number of hydrogen-bond acceptors (Lipinski definition) is 1. The second-order valence-corrected chi connectivity index (χ2v) is 17.5. The highest BCUT2D eigenvalue weighted by molar-refractivity contribution is 6.90. The van der Waals surface area contributed by atoms with Gasteiger partial charge in [-0.25, -0.2) is 0 Å². The van der Waals surface area contributed by atoms with Crippen molar-refractivity contribution in [3.8, 4) is 22.3 Å². The van der Waals surface area contributed by atoms with E-state index in [-0.39, 0.29) is 12.3 Å². The molecule has 1 aliphatic carbocycles. The zero-order chi connectivity index (χ0) is 38.8. The fourth-order valence-corrected chi connectivity index (χ4v) is 12.4. The summed E-state index contributed by atoms with van der Waals surface area (Å²) in [7, 11) is 0. The summed E-state index contributed by atoms with van der Waals surface area (Å²) in [4.78, 5) is 2.67. The summed E-state index contributed by atoms with van der Waals surface area (Å²) in [6, 6.07) is 71.4. The second-order valence-electron chi connectivity index (χ2n) is 17.5. The smallest absolute Gasteiger partial charge is 0.333 e. The van der Waals surface area contributed by atoms with Crippen molar-refractivity contribution in [2.24, 2.45) is 0 Å². The third-order valence-corrected chi connectivity index (χ3v) is 14.6. The maximum absolute atomic E-state index is 2.74. The average molecular weight is 749 g/mol. The molecule has 14 rings (SSSR count). The highest BCUT2D eigenvalue weighted by Crippen LogP contribution is 2.61. The number of rotatable bonds is 2. The minimum Gasteiger partial charge on any atom is -0.375 e. The number of para-hydroxylation sites is 3. The molecular formula is C56H37BN2. The molecule has 0 amide bonds. The van der Waals surface area contributed by atoms with Crippen LogP contribution in [0.5, 0.6) is 0 Å². The molecule has 0 atom stereocenters. The van der Waals surface area contributed by atoms with Crippen LogP contribution in [0.15, 0.2) is 188 Å². The van der Waals surface area contributed by atoms with Crippen LogP contribution in [0.2, 0.25) is 0 Å². The van der Waals surface area contributed by atoms with Crippen LogP contribution in [0.4, 0.5) is 17.1 Å². The molecule has 9 aromatic carbocycles. The van der Waals surface area contributed by atoms with Gasteiger partial charge in [0.25, 0.3) is 0 Å². The van der Waals surface area contributed by atoms with E-state index in [0.29, 0.717) is 0 Å². The molecule has 274 valence electrons. The molecule has 0 N–H and O–H groups in total. The molecule has 0 unspecified atom stereocenters. The Kier molecular flexibility index (Phi) is 5.89. The predicted molar refractivity (Wildman–Crippen MR) is 247 cm³/mol. The highest BCUT2D eigenvalue weighted by atomic mass is 15.2. The van der Waals surface area contributed by atoms with Gasteiger partial charge in [0.2, 0.25) is 0 Å². The molecule has 10 aromatic rings. The number of aromatic nitrogens is 1. The number of hydrogen-bond donors (Lipinski definition) is 0. The quantitative estimate of drug-likeness (QED) is 0.160. The Morgan fingerprint density at radius 3 is 1.95 bits per heavy atom. The van der Waals surface area contributed by atoms with Gasteiger partial charge in [0.1, 0.15) is 0 Å². The van der Waals surface area contributed by atoms with Crippen molar-refractivity contribution < 1.29 is 0 Å². The van der Waals surface area contributed by atoms with E-state index in [2.05, 4.69) is 211 Å². The molecule has 0 saturated heterocycles. The van der Waals surface area contributed by atoms with Gasteiger partial charge in [-0.05, 0) is 90.0 Å². The van der Waals surface area contributed by atoms with Crippen LogP contribution in [0, 0.1) is 0 Å². The van der Waals surface area contributed by atoms with E-state index >= 15 is 0 Å². The van der Waals surface area contributed by atoms with Gasteiger partial charge in [-0.1, -0.05) is 184 Å². The molecule has 0 fully saturated rings. The SMILES string of the molecule is CC1(C)c2ccccc2-c2cc3c4c(c21)-c1cccc2c5c6ccccc6ccc5n(c12)B4c1cccc2c1N3c1ccccc1C2(c1ccccc1)c1ccccc1. The Morgan fingerprint density at radius 1 is 0.492 bits per heavy atom. The van der Waals surface area contributed by atoms with Crippen molar-refractivity contribution in [2.45, 2.75) is 24.7 Å². The maximum atomic E-state index is 2.74. The normalized spacial score (nSPS) is 15.5. The Morgan fingerprint density at radius 2 is 1.14 bits per heavy atom. The van der Waals surface area contributed by atoms with Crippen molar-refractivity contribution in [3.05, 3.63) is 221 Å². The summed E-state index contributed by atoms with van der Waals surface area (Å²) in [5.41, 5.74) is 21.9. The van der Waals surface area contributed by atoms with Crippen molar-refractivity contribution >= 4 is 67.4 Å². The number of nitrogens with zero attached hydrogens (tertiary/aromatic N) is 2. The number of fused-ring (bicyclic) bond motifs is 15. The standard InChI is InChI=1S/C56H37BN2/c1-55(2)42-26-12-11-23-38(42)41-33-48-52-50(51(41)55)40-25-15-24-39-49-37-22-10-9-17-34(37)31-32-47(49)59(53(39)40)57(52)45-29-16-28-44-54(45)58(48)46-30-14-13-27-43(46)56(44,35-18-5-3-6-19-35)36-20-7-4-8-21-36/h3-33H,1-2H3. The molecule has 0 saturated carbocycles. The summed E-state index contributed by atoms with van der Waals surface area (Å²) in [5.74, 6) is 0. The van der Waals surface area contributed by atoms with Gasteiger partial charge in [-0.2, -0.15) is 0 Å². The van der Waals surface area contributed by atoms with E-state index in [0.717, 1.165) is 0 Å². The average Bonchev–Trinajstić information content (AvgIpc) is 3.75. The van der Waals surface area contributed by atoms with Gasteiger partial charge in [0.15, 0.2) is 0 Å². The highest BCUT2D eigenvalue weighted by Gasteiger charge is 2.53. The van der Waals surface area contributed by atoms with Gasteiger partial charge < -0.3 is 9.38 Å². The van der Waals surface area contributed by atoms with Crippen LogP contribution in [-0.4, -0.2) is 11.3 Å². The third kappa shape index (κ3) is 3.64. The molecular weight excluding hydrogens is 711 g/mol. The van der Waals surface area contributed by atoms with Crippen LogP contribution < -0.4 is 15.8 Å². The fourth-order valence-electron chi connectivity index (χ4n) is 12.4. The van der Waals surface area contributed by atoms with E-state index in [1.165, 1.54) is 116 Å². The number of benzene rings is 9. The van der Waals surface area contributed by atoms with Gasteiger partial charge in [0.05, 0.1) is 11.1 Å². The van der Waals surface area contributed by atoms with Gasteiger partial charge >= 0.3 is 6.85 Å². The van der Waals surface area contributed by atoms with Crippen LogP contribution in [0.25, 0.3) is 54.8 Å². The van der Waals surface area contributed by atoms with E-state index in [1.54, 1.807) is 0 Å². The molecule has 4 aliphatic rings. The summed E-state index contributed by atoms with van der Waals surface area (Å²) < 4.78 is 2.74. The molecule has 4 heterocycles. The largest absolute Gasteiger partial charge is 0.375 e. The molecule has 59 heavy (non-hydrogen) atoms. The van der Waals surface area contributed by atoms with E-state index in [1.807, 2.05) is 0 Å². The van der Waals surface area contributed by atoms with Crippen molar-refractivity contribution in [3.63, 3.8) is 0 Å². The maximum Gasteiger partial charge on any atom is 0.333 e. The molecule has 0 radical (unpaired) electrons. The van der Waals surface area contributed by atoms with Crippen LogP contribution in [0.3, 0.4) is 0 Å². The van der Waals surface area contributed by atoms with Crippen molar-refractivity contribution in [1.29, 1.82) is 0 Å². The Bertz CT molecular complexity index is 3450. The molecule has 0 bridgehead atoms. The first-order valence-electron chi connectivity index (χ1n) is 21.0. The minimum absolute atomic E-state index is 0.0541. The minimum atomic E-state index is -0.552. The van der Waals surface area contributed by atoms with Crippen molar-refractivity contribution in [1.82, 2.24) is 4.48 Å². The first kappa shape index (κ1) is 31.9. The zero-order valence-corrected chi connectivity index (χ0v) is 32.9. The Balaban J connectivity index is 1.22. The summed E-state index contributed by atoms with van der Waals surface area (Å²) in [6.45, 7) is 4.85. The topological polar surface area (TPSA) is 8.17 Å². The Labute approximate surface area is 343 Å². The van der Waals surface area contributed by atoms with Gasteiger partial charge in [0, 0.05) is 44.2 Å².